The number of amides is 1. The Kier molecular flexibility index (Phi) is 4.22. The highest BCUT2D eigenvalue weighted by Gasteiger charge is 2.14. The van der Waals surface area contributed by atoms with Crippen LogP contribution in [0, 0.1) is 6.92 Å². The number of ether oxygens (including phenoxy) is 1. The van der Waals surface area contributed by atoms with Crippen LogP contribution in [0.25, 0.3) is 5.69 Å². The van der Waals surface area contributed by atoms with Crippen LogP contribution in [0.4, 0.5) is 0 Å². The second kappa shape index (κ2) is 6.08. The summed E-state index contributed by atoms with van der Waals surface area (Å²) in [6.07, 6.45) is 1.56. The summed E-state index contributed by atoms with van der Waals surface area (Å²) in [5.74, 6) is -0.833. The van der Waals surface area contributed by atoms with Crippen molar-refractivity contribution in [2.24, 2.45) is 0 Å². The number of carboxylic acid groups (broad SMARTS) is 1. The van der Waals surface area contributed by atoms with Gasteiger partial charge in [0.15, 0.2) is 0 Å². The third-order valence-corrected chi connectivity index (χ3v) is 2.88. The van der Waals surface area contributed by atoms with Crippen LogP contribution in [0.3, 0.4) is 0 Å². The summed E-state index contributed by atoms with van der Waals surface area (Å²) in [5, 5.41) is 15.1. The summed E-state index contributed by atoms with van der Waals surface area (Å²) in [6.45, 7) is 1.27. The number of benzene rings is 1. The molecule has 110 valence electrons. The molecule has 0 fully saturated rings. The molecule has 0 aliphatic carbocycles. The number of methoxy groups -OCH3 is 1. The molecule has 1 aromatic heterocycles. The number of aryl methyl sites for hydroxylation is 1. The van der Waals surface area contributed by atoms with E-state index in [0.29, 0.717) is 11.3 Å². The zero-order valence-corrected chi connectivity index (χ0v) is 11.7. The number of rotatable bonds is 5. The van der Waals surface area contributed by atoms with E-state index >= 15 is 0 Å². The number of aromatic nitrogens is 2. The van der Waals surface area contributed by atoms with Gasteiger partial charge in [0.2, 0.25) is 0 Å². The van der Waals surface area contributed by atoms with Crippen LogP contribution < -0.4 is 10.1 Å². The molecule has 1 amide bonds. The van der Waals surface area contributed by atoms with Crippen molar-refractivity contribution < 1.29 is 19.4 Å². The van der Waals surface area contributed by atoms with Crippen molar-refractivity contribution in [1.82, 2.24) is 15.1 Å². The SMILES string of the molecule is COc1ccc(-n2cc(C(=O)NCC(=O)O)c(C)n2)cc1. The minimum Gasteiger partial charge on any atom is -0.497 e. The Labute approximate surface area is 121 Å². The van der Waals surface area contributed by atoms with Gasteiger partial charge in [-0.15, -0.1) is 0 Å². The van der Waals surface area contributed by atoms with Crippen molar-refractivity contribution in [1.29, 1.82) is 0 Å². The molecule has 0 bridgehead atoms. The van der Waals surface area contributed by atoms with Gasteiger partial charge in [0.1, 0.15) is 12.3 Å². The van der Waals surface area contributed by atoms with Gasteiger partial charge < -0.3 is 15.2 Å². The molecule has 0 saturated heterocycles. The molecule has 7 nitrogen and oxygen atoms in total. The second-order valence-corrected chi connectivity index (χ2v) is 4.35. The lowest BCUT2D eigenvalue weighted by Gasteiger charge is -2.03. The molecule has 7 heteroatoms. The standard InChI is InChI=1S/C14H15N3O4/c1-9-12(14(20)15-7-13(18)19)8-17(16-9)10-3-5-11(21-2)6-4-10/h3-6,8H,7H2,1-2H3,(H,15,20)(H,18,19). The summed E-state index contributed by atoms with van der Waals surface area (Å²) < 4.78 is 6.64. The van der Waals surface area contributed by atoms with Gasteiger partial charge in [-0.1, -0.05) is 0 Å². The normalized spacial score (nSPS) is 10.2. The highest BCUT2D eigenvalue weighted by molar-refractivity contribution is 5.96. The van der Waals surface area contributed by atoms with Gasteiger partial charge in [0.25, 0.3) is 5.91 Å². The van der Waals surface area contributed by atoms with Crippen molar-refractivity contribution in [3.63, 3.8) is 0 Å². The Morgan fingerprint density at radius 2 is 2.00 bits per heavy atom. The highest BCUT2D eigenvalue weighted by Crippen LogP contribution is 2.16. The molecule has 2 rings (SSSR count). The number of hydrogen-bond donors (Lipinski definition) is 2. The number of carboxylic acids is 1. The summed E-state index contributed by atoms with van der Waals surface area (Å²) >= 11 is 0. The Morgan fingerprint density at radius 3 is 2.57 bits per heavy atom. The topological polar surface area (TPSA) is 93.5 Å². The second-order valence-electron chi connectivity index (χ2n) is 4.35. The largest absolute Gasteiger partial charge is 0.497 e. The molecule has 2 N–H and O–H groups in total. The van der Waals surface area contributed by atoms with E-state index in [1.165, 1.54) is 0 Å². The van der Waals surface area contributed by atoms with E-state index in [0.717, 1.165) is 11.4 Å². The number of hydrogen-bond acceptors (Lipinski definition) is 4. The molecule has 0 aliphatic heterocycles. The first-order valence-corrected chi connectivity index (χ1v) is 6.22. The van der Waals surface area contributed by atoms with Crippen molar-refractivity contribution in [3.8, 4) is 11.4 Å². The minimum atomic E-state index is -1.09. The van der Waals surface area contributed by atoms with Crippen LogP contribution in [-0.2, 0) is 4.79 Å². The van der Waals surface area contributed by atoms with E-state index in [1.54, 1.807) is 37.0 Å². The maximum atomic E-state index is 11.9. The summed E-state index contributed by atoms with van der Waals surface area (Å²) in [7, 11) is 1.58. The van der Waals surface area contributed by atoms with Gasteiger partial charge in [-0.2, -0.15) is 5.10 Å². The average molecular weight is 289 g/mol. The lowest BCUT2D eigenvalue weighted by Crippen LogP contribution is -2.29. The summed E-state index contributed by atoms with van der Waals surface area (Å²) in [6, 6.07) is 7.20. The van der Waals surface area contributed by atoms with E-state index in [9.17, 15) is 9.59 Å². The smallest absolute Gasteiger partial charge is 0.322 e. The van der Waals surface area contributed by atoms with Crippen LogP contribution in [0.2, 0.25) is 0 Å². The van der Waals surface area contributed by atoms with Gasteiger partial charge in [-0.05, 0) is 31.2 Å². The number of nitrogens with one attached hydrogen (secondary N) is 1. The quantitative estimate of drug-likeness (QED) is 0.856. The monoisotopic (exact) mass is 289 g/mol. The number of aliphatic carboxylic acids is 1. The molecule has 1 aromatic carbocycles. The Hall–Kier alpha value is -2.83. The third kappa shape index (κ3) is 3.38. The maximum Gasteiger partial charge on any atom is 0.322 e. The van der Waals surface area contributed by atoms with Crippen molar-refractivity contribution in [2.45, 2.75) is 6.92 Å². The fraction of sp³-hybridized carbons (Fsp3) is 0.214. The lowest BCUT2D eigenvalue weighted by atomic mass is 10.2. The lowest BCUT2D eigenvalue weighted by molar-refractivity contribution is -0.135. The van der Waals surface area contributed by atoms with Crippen molar-refractivity contribution in [2.75, 3.05) is 13.7 Å². The van der Waals surface area contributed by atoms with Gasteiger partial charge >= 0.3 is 5.97 Å². The summed E-state index contributed by atoms with van der Waals surface area (Å²) in [4.78, 5) is 22.3. The van der Waals surface area contributed by atoms with Gasteiger partial charge in [0, 0.05) is 6.20 Å². The Bertz CT molecular complexity index is 661. The number of nitrogens with zero attached hydrogens (tertiary/aromatic N) is 2. The molecular formula is C14H15N3O4. The molecule has 0 saturated carbocycles. The first kappa shape index (κ1) is 14.6. The predicted molar refractivity (Wildman–Crippen MR) is 74.8 cm³/mol. The molecule has 0 spiro atoms. The average Bonchev–Trinajstić information content (AvgIpc) is 2.87. The zero-order valence-electron chi connectivity index (χ0n) is 11.7. The summed E-state index contributed by atoms with van der Waals surface area (Å²) in [5.41, 5.74) is 1.64. The maximum absolute atomic E-state index is 11.9. The van der Waals surface area contributed by atoms with Gasteiger partial charge in [-0.25, -0.2) is 4.68 Å². The van der Waals surface area contributed by atoms with E-state index < -0.39 is 18.4 Å². The Balaban J connectivity index is 2.21. The zero-order chi connectivity index (χ0) is 15.4. The molecule has 1 heterocycles. The molecule has 0 radical (unpaired) electrons. The predicted octanol–water partition coefficient (Wildman–Crippen LogP) is 1.00. The van der Waals surface area contributed by atoms with E-state index in [1.807, 2.05) is 12.1 Å². The molecule has 21 heavy (non-hydrogen) atoms. The van der Waals surface area contributed by atoms with Gasteiger partial charge in [-0.3, -0.25) is 9.59 Å². The first-order valence-electron chi connectivity index (χ1n) is 6.22. The number of carbonyl (C=O) groups excluding carboxylic acids is 1. The molecule has 0 atom stereocenters. The van der Waals surface area contributed by atoms with Crippen LogP contribution in [0.1, 0.15) is 16.1 Å². The van der Waals surface area contributed by atoms with Crippen molar-refractivity contribution >= 4 is 11.9 Å². The molecule has 2 aromatic rings. The van der Waals surface area contributed by atoms with E-state index in [2.05, 4.69) is 10.4 Å². The molecule has 0 unspecified atom stereocenters. The third-order valence-electron chi connectivity index (χ3n) is 2.88. The Morgan fingerprint density at radius 1 is 1.33 bits per heavy atom. The molecular weight excluding hydrogens is 274 g/mol. The van der Waals surface area contributed by atoms with Crippen LogP contribution in [0.5, 0.6) is 5.75 Å². The van der Waals surface area contributed by atoms with E-state index in [-0.39, 0.29) is 0 Å². The highest BCUT2D eigenvalue weighted by atomic mass is 16.5. The van der Waals surface area contributed by atoms with Gasteiger partial charge in [0.05, 0.1) is 24.1 Å². The van der Waals surface area contributed by atoms with Crippen molar-refractivity contribution in [3.05, 3.63) is 41.7 Å². The number of carbonyl (C=O) groups is 2. The van der Waals surface area contributed by atoms with Crippen LogP contribution >= 0.6 is 0 Å². The minimum absolute atomic E-state index is 0.340. The first-order chi connectivity index (χ1) is 10.0. The fourth-order valence-corrected chi connectivity index (χ4v) is 1.80. The fourth-order valence-electron chi connectivity index (χ4n) is 1.80. The van der Waals surface area contributed by atoms with Crippen LogP contribution in [-0.4, -0.2) is 40.4 Å². The molecule has 0 aliphatic rings. The van der Waals surface area contributed by atoms with Crippen LogP contribution in [0.15, 0.2) is 30.5 Å². The van der Waals surface area contributed by atoms with E-state index in [4.69, 9.17) is 9.84 Å².